The van der Waals surface area contributed by atoms with Crippen LogP contribution in [0.25, 0.3) is 34.0 Å². The highest BCUT2D eigenvalue weighted by molar-refractivity contribution is 7.92. The van der Waals surface area contributed by atoms with Crippen LogP contribution in [0.3, 0.4) is 0 Å². The van der Waals surface area contributed by atoms with Gasteiger partial charge in [-0.2, -0.15) is 18.2 Å². The number of rotatable bonds is 6. The summed E-state index contributed by atoms with van der Waals surface area (Å²) in [5, 5.41) is 5.21. The van der Waals surface area contributed by atoms with E-state index >= 15 is 0 Å². The molecule has 36 heavy (non-hydrogen) atoms. The summed E-state index contributed by atoms with van der Waals surface area (Å²) in [5.41, 5.74) is 2.91. The molecule has 0 fully saturated rings. The first kappa shape index (κ1) is 23.6. The van der Waals surface area contributed by atoms with Crippen molar-refractivity contribution in [3.05, 3.63) is 84.0 Å². The minimum Gasteiger partial charge on any atom is -0.341 e. The Kier molecular flexibility index (Phi) is 5.79. The van der Waals surface area contributed by atoms with Gasteiger partial charge in [0.05, 0.1) is 4.90 Å². The third kappa shape index (κ3) is 4.44. The summed E-state index contributed by atoms with van der Waals surface area (Å²) in [5.74, 6) is -1.74. The Balaban J connectivity index is 1.42. The van der Waals surface area contributed by atoms with Crippen molar-refractivity contribution in [1.29, 1.82) is 0 Å². The van der Waals surface area contributed by atoms with Crippen LogP contribution in [0.5, 0.6) is 0 Å². The molecule has 184 valence electrons. The summed E-state index contributed by atoms with van der Waals surface area (Å²) < 4.78 is 73.0. The van der Waals surface area contributed by atoms with Crippen LogP contribution in [0.15, 0.2) is 76.1 Å². The summed E-state index contributed by atoms with van der Waals surface area (Å²) in [6.45, 7) is 2.83. The molecule has 0 unspecified atom stereocenters. The van der Waals surface area contributed by atoms with Crippen molar-refractivity contribution in [1.82, 2.24) is 14.7 Å². The lowest BCUT2D eigenvalue weighted by atomic mass is 10.1. The Labute approximate surface area is 203 Å². The van der Waals surface area contributed by atoms with Gasteiger partial charge in [-0.25, -0.2) is 8.42 Å². The molecule has 0 aliphatic carbocycles. The van der Waals surface area contributed by atoms with Crippen molar-refractivity contribution < 1.29 is 26.1 Å². The Morgan fingerprint density at radius 2 is 1.75 bits per heavy atom. The van der Waals surface area contributed by atoms with Gasteiger partial charge in [-0.3, -0.25) is 4.72 Å². The third-order valence-corrected chi connectivity index (χ3v) is 7.00. The second-order valence-electron chi connectivity index (χ2n) is 7.96. The molecule has 0 aliphatic rings. The largest absolute Gasteiger partial charge is 0.471 e. The standard InChI is InChI=1S/C25H19F3N4O3S/c1-2-32-21-9-4-3-8-19(21)20-15-17(11-12-22(20)32)31-36(33,34)18-7-5-6-16(14-18)10-13-23-29-24(35-30-23)25(26,27)28/h3-15,31H,2H2,1H3. The highest BCUT2D eigenvalue weighted by atomic mass is 32.2. The second kappa shape index (κ2) is 8.83. The Bertz CT molecular complexity index is 1720. The lowest BCUT2D eigenvalue weighted by molar-refractivity contribution is -0.159. The first-order valence-corrected chi connectivity index (χ1v) is 12.4. The van der Waals surface area contributed by atoms with Gasteiger partial charge in [0.2, 0.25) is 0 Å². The number of sulfonamides is 1. The van der Waals surface area contributed by atoms with Gasteiger partial charge in [-0.05, 0) is 55.0 Å². The molecule has 11 heteroatoms. The molecule has 7 nitrogen and oxygen atoms in total. The lowest BCUT2D eigenvalue weighted by Gasteiger charge is -2.09. The normalized spacial score (nSPS) is 12.7. The monoisotopic (exact) mass is 512 g/mol. The fourth-order valence-corrected chi connectivity index (χ4v) is 5.15. The first-order chi connectivity index (χ1) is 17.2. The van der Waals surface area contributed by atoms with Gasteiger partial charge in [0.1, 0.15) is 0 Å². The Morgan fingerprint density at radius 1 is 0.972 bits per heavy atom. The number of aryl methyl sites for hydroxylation is 1. The fourth-order valence-electron chi connectivity index (χ4n) is 4.05. The van der Waals surface area contributed by atoms with Crippen molar-refractivity contribution >= 4 is 49.7 Å². The topological polar surface area (TPSA) is 90.0 Å². The molecular formula is C25H19F3N4O3S. The van der Waals surface area contributed by atoms with Crippen LogP contribution in [-0.4, -0.2) is 23.1 Å². The molecule has 0 aliphatic heterocycles. The number of hydrogen-bond donors (Lipinski definition) is 1. The van der Waals surface area contributed by atoms with E-state index in [9.17, 15) is 21.6 Å². The van der Waals surface area contributed by atoms with E-state index in [0.29, 0.717) is 11.3 Å². The number of anilines is 1. The highest BCUT2D eigenvalue weighted by Crippen LogP contribution is 2.32. The maximum atomic E-state index is 13.1. The van der Waals surface area contributed by atoms with Crippen LogP contribution in [0.2, 0.25) is 0 Å². The van der Waals surface area contributed by atoms with Crippen LogP contribution in [0.1, 0.15) is 24.2 Å². The zero-order chi connectivity index (χ0) is 25.5. The summed E-state index contributed by atoms with van der Waals surface area (Å²) in [6.07, 6.45) is -2.14. The number of aromatic nitrogens is 3. The molecule has 5 aromatic rings. The van der Waals surface area contributed by atoms with Crippen LogP contribution in [0.4, 0.5) is 18.9 Å². The molecule has 5 rings (SSSR count). The number of nitrogens with zero attached hydrogens (tertiary/aromatic N) is 3. The van der Waals surface area contributed by atoms with Crippen molar-refractivity contribution in [2.75, 3.05) is 4.72 Å². The lowest BCUT2D eigenvalue weighted by Crippen LogP contribution is -2.13. The summed E-state index contributed by atoms with van der Waals surface area (Å²) in [7, 11) is -3.94. The summed E-state index contributed by atoms with van der Waals surface area (Å²) in [6, 6.07) is 19.3. The van der Waals surface area contributed by atoms with Crippen LogP contribution < -0.4 is 4.72 Å². The minimum atomic E-state index is -4.74. The predicted molar refractivity (Wildman–Crippen MR) is 131 cm³/mol. The average Bonchev–Trinajstić information content (AvgIpc) is 3.45. The maximum Gasteiger partial charge on any atom is 0.471 e. The molecule has 3 aromatic carbocycles. The third-order valence-electron chi connectivity index (χ3n) is 5.62. The van der Waals surface area contributed by atoms with Crippen LogP contribution >= 0.6 is 0 Å². The van der Waals surface area contributed by atoms with Crippen LogP contribution in [0, 0.1) is 0 Å². The smallest absolute Gasteiger partial charge is 0.341 e. The highest BCUT2D eigenvalue weighted by Gasteiger charge is 2.38. The molecule has 1 N–H and O–H groups in total. The number of para-hydroxylation sites is 1. The van der Waals surface area contributed by atoms with Gasteiger partial charge in [-0.15, -0.1) is 0 Å². The van der Waals surface area contributed by atoms with Crippen molar-refractivity contribution in [2.45, 2.75) is 24.5 Å². The molecule has 0 saturated heterocycles. The minimum absolute atomic E-state index is 0.00942. The zero-order valence-electron chi connectivity index (χ0n) is 18.8. The number of benzene rings is 3. The van der Waals surface area contributed by atoms with E-state index in [1.165, 1.54) is 30.4 Å². The molecule has 0 saturated carbocycles. The number of alkyl halides is 3. The van der Waals surface area contributed by atoms with Gasteiger partial charge >= 0.3 is 12.1 Å². The average molecular weight is 513 g/mol. The number of halogens is 3. The maximum absolute atomic E-state index is 13.1. The van der Waals surface area contributed by atoms with Gasteiger partial charge < -0.3 is 9.09 Å². The second-order valence-corrected chi connectivity index (χ2v) is 9.64. The van der Waals surface area contributed by atoms with E-state index in [4.69, 9.17) is 0 Å². The van der Waals surface area contributed by atoms with E-state index in [0.717, 1.165) is 28.4 Å². The molecule has 0 amide bonds. The fraction of sp³-hybridized carbons (Fsp3) is 0.120. The predicted octanol–water partition coefficient (Wildman–Crippen LogP) is 6.19. The Hall–Kier alpha value is -4.12. The van der Waals surface area contributed by atoms with E-state index in [1.807, 2.05) is 30.3 Å². The molecule has 0 spiro atoms. The molecule has 0 bridgehead atoms. The summed E-state index contributed by atoms with van der Waals surface area (Å²) in [4.78, 5) is 3.25. The molecule has 0 radical (unpaired) electrons. The zero-order valence-corrected chi connectivity index (χ0v) is 19.6. The first-order valence-electron chi connectivity index (χ1n) is 10.9. The van der Waals surface area contributed by atoms with Crippen molar-refractivity contribution in [3.8, 4) is 0 Å². The SMILES string of the molecule is CCn1c2ccccc2c2cc(NS(=O)(=O)c3cccc(C=Cc4noc(C(F)(F)F)n4)c3)ccc21. The van der Waals surface area contributed by atoms with Crippen molar-refractivity contribution in [2.24, 2.45) is 0 Å². The van der Waals surface area contributed by atoms with E-state index < -0.39 is 22.1 Å². The number of hydrogen-bond acceptors (Lipinski definition) is 5. The number of nitrogens with one attached hydrogen (secondary N) is 1. The van der Waals surface area contributed by atoms with Crippen molar-refractivity contribution in [3.63, 3.8) is 0 Å². The molecular weight excluding hydrogens is 493 g/mol. The van der Waals surface area contributed by atoms with Crippen LogP contribution in [-0.2, 0) is 22.7 Å². The van der Waals surface area contributed by atoms with Gasteiger partial charge in [0.25, 0.3) is 10.0 Å². The van der Waals surface area contributed by atoms with Gasteiger partial charge in [0, 0.05) is 34.0 Å². The van der Waals surface area contributed by atoms with Gasteiger partial charge in [-0.1, -0.05) is 41.6 Å². The summed E-state index contributed by atoms with van der Waals surface area (Å²) >= 11 is 0. The van der Waals surface area contributed by atoms with E-state index in [-0.39, 0.29) is 10.7 Å². The number of fused-ring (bicyclic) bond motifs is 3. The van der Waals surface area contributed by atoms with E-state index in [1.54, 1.807) is 18.2 Å². The van der Waals surface area contributed by atoms with E-state index in [2.05, 4.69) is 30.9 Å². The quantitative estimate of drug-likeness (QED) is 0.293. The molecule has 2 aromatic heterocycles. The Morgan fingerprint density at radius 3 is 2.50 bits per heavy atom. The molecule has 0 atom stereocenters. The molecule has 2 heterocycles. The van der Waals surface area contributed by atoms with Gasteiger partial charge in [0.15, 0.2) is 5.82 Å².